The zero-order valence-corrected chi connectivity index (χ0v) is 14.4. The molecule has 0 radical (unpaired) electrons. The first-order chi connectivity index (χ1) is 11.9. The zero-order chi connectivity index (χ0) is 16.5. The molecule has 0 spiro atoms. The maximum absolute atomic E-state index is 3.74. The fraction of sp³-hybridized carbons (Fsp3) is 0.292. The number of rotatable bonds is 5. The van der Waals surface area contributed by atoms with Crippen molar-refractivity contribution in [2.24, 2.45) is 0 Å². The predicted octanol–water partition coefficient (Wildman–Crippen LogP) is 6.75. The molecule has 2 aromatic rings. The molecule has 0 aliphatic heterocycles. The van der Waals surface area contributed by atoms with Crippen LogP contribution >= 0.6 is 0 Å². The predicted molar refractivity (Wildman–Crippen MR) is 104 cm³/mol. The SMILES string of the molecule is C(=C(/C=C/c1ccccc1)CCc1ccccc1)=C1CCCCC1. The van der Waals surface area contributed by atoms with Crippen LogP contribution in [0.25, 0.3) is 6.08 Å². The number of allylic oxidation sites excluding steroid dienone is 2. The first-order valence-corrected chi connectivity index (χ1v) is 9.15. The standard InChI is InChI=1S/C24H26/c1-4-10-21(11-5-1)16-18-24(20-23-14-8-3-9-15-23)19-17-22-12-6-2-7-13-22/h1-2,4-7,10-13,16,18H,3,8-9,14-15,17,19H2/b18-16+. The first-order valence-electron chi connectivity index (χ1n) is 9.15. The molecule has 0 N–H and O–H groups in total. The Labute approximate surface area is 146 Å². The second-order valence-electron chi connectivity index (χ2n) is 6.54. The van der Waals surface area contributed by atoms with Crippen molar-refractivity contribution in [1.82, 2.24) is 0 Å². The van der Waals surface area contributed by atoms with Crippen molar-refractivity contribution < 1.29 is 0 Å². The fourth-order valence-corrected chi connectivity index (χ4v) is 3.20. The summed E-state index contributed by atoms with van der Waals surface area (Å²) in [4.78, 5) is 0. The maximum atomic E-state index is 3.74. The first kappa shape index (κ1) is 16.6. The Balaban J connectivity index is 1.78. The van der Waals surface area contributed by atoms with E-state index in [4.69, 9.17) is 0 Å². The Morgan fingerprint density at radius 2 is 1.50 bits per heavy atom. The monoisotopic (exact) mass is 314 g/mol. The van der Waals surface area contributed by atoms with Gasteiger partial charge in [0.25, 0.3) is 0 Å². The molecule has 0 saturated heterocycles. The average Bonchev–Trinajstić information content (AvgIpc) is 2.66. The molecular weight excluding hydrogens is 288 g/mol. The second-order valence-corrected chi connectivity index (χ2v) is 6.54. The lowest BCUT2D eigenvalue weighted by atomic mass is 9.94. The van der Waals surface area contributed by atoms with Gasteiger partial charge in [0, 0.05) is 0 Å². The van der Waals surface area contributed by atoms with Crippen LogP contribution in [0.5, 0.6) is 0 Å². The van der Waals surface area contributed by atoms with Gasteiger partial charge in [-0.15, -0.1) is 5.73 Å². The minimum Gasteiger partial charge on any atom is -0.118 e. The largest absolute Gasteiger partial charge is 0.118 e. The van der Waals surface area contributed by atoms with Crippen molar-refractivity contribution in [2.75, 3.05) is 0 Å². The van der Waals surface area contributed by atoms with Gasteiger partial charge in [-0.1, -0.05) is 79.2 Å². The molecule has 1 aliphatic rings. The van der Waals surface area contributed by atoms with Gasteiger partial charge in [0.2, 0.25) is 0 Å². The van der Waals surface area contributed by atoms with E-state index >= 15 is 0 Å². The molecule has 3 rings (SSSR count). The third kappa shape index (κ3) is 5.41. The van der Waals surface area contributed by atoms with Crippen LogP contribution in [0.1, 0.15) is 49.7 Å². The third-order valence-electron chi connectivity index (χ3n) is 4.60. The third-order valence-corrected chi connectivity index (χ3v) is 4.60. The number of benzene rings is 2. The molecule has 1 saturated carbocycles. The molecule has 2 aromatic carbocycles. The van der Waals surface area contributed by atoms with Crippen LogP contribution in [-0.4, -0.2) is 0 Å². The number of aryl methyl sites for hydroxylation is 1. The van der Waals surface area contributed by atoms with Crippen LogP contribution in [0.3, 0.4) is 0 Å². The summed E-state index contributed by atoms with van der Waals surface area (Å²) in [6.07, 6.45) is 13.1. The summed E-state index contributed by atoms with van der Waals surface area (Å²) in [6, 6.07) is 21.3. The zero-order valence-electron chi connectivity index (χ0n) is 14.4. The molecule has 122 valence electrons. The van der Waals surface area contributed by atoms with Gasteiger partial charge in [0.1, 0.15) is 0 Å². The van der Waals surface area contributed by atoms with Crippen LogP contribution in [0.4, 0.5) is 0 Å². The van der Waals surface area contributed by atoms with Crippen LogP contribution < -0.4 is 0 Å². The summed E-state index contributed by atoms with van der Waals surface area (Å²) in [5.74, 6) is 0. The summed E-state index contributed by atoms with van der Waals surface area (Å²) in [7, 11) is 0. The molecule has 1 fully saturated rings. The van der Waals surface area contributed by atoms with Crippen LogP contribution in [-0.2, 0) is 6.42 Å². The van der Waals surface area contributed by atoms with Crippen molar-refractivity contribution in [3.8, 4) is 0 Å². The van der Waals surface area contributed by atoms with E-state index in [2.05, 4.69) is 78.5 Å². The lowest BCUT2D eigenvalue weighted by Crippen LogP contribution is -1.93. The highest BCUT2D eigenvalue weighted by Crippen LogP contribution is 2.23. The molecule has 0 heterocycles. The van der Waals surface area contributed by atoms with Gasteiger partial charge >= 0.3 is 0 Å². The Kier molecular flexibility index (Phi) is 6.28. The van der Waals surface area contributed by atoms with Gasteiger partial charge in [0.05, 0.1) is 0 Å². The normalized spacial score (nSPS) is 14.6. The van der Waals surface area contributed by atoms with E-state index in [-0.39, 0.29) is 0 Å². The molecule has 0 unspecified atom stereocenters. The van der Waals surface area contributed by atoms with Crippen molar-refractivity contribution >= 4 is 6.08 Å². The smallest absolute Gasteiger partial charge is 0.00573 e. The fourth-order valence-electron chi connectivity index (χ4n) is 3.20. The van der Waals surface area contributed by atoms with Gasteiger partial charge in [0.15, 0.2) is 0 Å². The van der Waals surface area contributed by atoms with E-state index in [1.54, 1.807) is 0 Å². The van der Waals surface area contributed by atoms with E-state index < -0.39 is 0 Å². The Hall–Kier alpha value is -2.30. The summed E-state index contributed by atoms with van der Waals surface area (Å²) in [6.45, 7) is 0. The maximum Gasteiger partial charge on any atom is -0.00573 e. The van der Waals surface area contributed by atoms with E-state index in [1.807, 2.05) is 0 Å². The van der Waals surface area contributed by atoms with Crippen molar-refractivity contribution in [3.05, 3.63) is 94.7 Å². The molecule has 1 aliphatic carbocycles. The topological polar surface area (TPSA) is 0 Å². The molecule has 0 atom stereocenters. The molecule has 0 amide bonds. The van der Waals surface area contributed by atoms with Crippen LogP contribution in [0.2, 0.25) is 0 Å². The van der Waals surface area contributed by atoms with Crippen molar-refractivity contribution in [3.63, 3.8) is 0 Å². The van der Waals surface area contributed by atoms with Gasteiger partial charge < -0.3 is 0 Å². The lowest BCUT2D eigenvalue weighted by Gasteiger charge is -2.11. The molecule has 24 heavy (non-hydrogen) atoms. The van der Waals surface area contributed by atoms with Crippen molar-refractivity contribution in [1.29, 1.82) is 0 Å². The molecule has 0 aromatic heterocycles. The number of hydrogen-bond donors (Lipinski definition) is 0. The molecule has 0 nitrogen and oxygen atoms in total. The summed E-state index contributed by atoms with van der Waals surface area (Å²) < 4.78 is 0. The van der Waals surface area contributed by atoms with Gasteiger partial charge in [-0.05, 0) is 60.8 Å². The highest BCUT2D eigenvalue weighted by molar-refractivity contribution is 5.52. The van der Waals surface area contributed by atoms with E-state index in [1.165, 1.54) is 54.4 Å². The quantitative estimate of drug-likeness (QED) is 0.423. The average molecular weight is 314 g/mol. The van der Waals surface area contributed by atoms with Gasteiger partial charge in [-0.2, -0.15) is 0 Å². The Morgan fingerprint density at radius 3 is 2.21 bits per heavy atom. The van der Waals surface area contributed by atoms with E-state index in [9.17, 15) is 0 Å². The highest BCUT2D eigenvalue weighted by atomic mass is 14.1. The summed E-state index contributed by atoms with van der Waals surface area (Å²) in [5.41, 5.74) is 9.25. The molecule has 0 bridgehead atoms. The van der Waals surface area contributed by atoms with Crippen LogP contribution in [0, 0.1) is 0 Å². The lowest BCUT2D eigenvalue weighted by molar-refractivity contribution is 0.599. The molecule has 0 heteroatoms. The van der Waals surface area contributed by atoms with Crippen LogP contribution in [0.15, 0.2) is 83.6 Å². The molecular formula is C24H26. The summed E-state index contributed by atoms with van der Waals surface area (Å²) >= 11 is 0. The minimum absolute atomic E-state index is 1.05. The Morgan fingerprint density at radius 1 is 0.833 bits per heavy atom. The minimum atomic E-state index is 1.05. The van der Waals surface area contributed by atoms with Gasteiger partial charge in [-0.3, -0.25) is 0 Å². The second kappa shape index (κ2) is 9.11. The van der Waals surface area contributed by atoms with E-state index in [0.717, 1.165) is 12.8 Å². The highest BCUT2D eigenvalue weighted by Gasteiger charge is 2.05. The van der Waals surface area contributed by atoms with Gasteiger partial charge in [-0.25, -0.2) is 0 Å². The Bertz CT molecular complexity index is 705. The summed E-state index contributed by atoms with van der Waals surface area (Å²) in [5, 5.41) is 0. The van der Waals surface area contributed by atoms with E-state index in [0.29, 0.717) is 0 Å². The number of hydrogen-bond acceptors (Lipinski definition) is 0. The van der Waals surface area contributed by atoms with Crippen molar-refractivity contribution in [2.45, 2.75) is 44.9 Å².